The van der Waals surface area contributed by atoms with Crippen molar-refractivity contribution in [2.45, 2.75) is 25.3 Å². The zero-order valence-electron chi connectivity index (χ0n) is 8.05. The van der Waals surface area contributed by atoms with Gasteiger partial charge in [0.15, 0.2) is 6.04 Å². The first-order chi connectivity index (χ1) is 7.18. The van der Waals surface area contributed by atoms with Crippen LogP contribution in [-0.4, -0.2) is 28.9 Å². The van der Waals surface area contributed by atoms with Gasteiger partial charge in [-0.1, -0.05) is 0 Å². The SMILES string of the molecule is O=C(O)C1CCCCN1[n+]1cc(=O)o[nH]1. The molecule has 0 saturated carbocycles. The lowest BCUT2D eigenvalue weighted by Gasteiger charge is -2.25. The molecule has 2 N–H and O–H groups in total. The van der Waals surface area contributed by atoms with Gasteiger partial charge in [0.1, 0.15) is 0 Å². The predicted octanol–water partition coefficient (Wildman–Crippen LogP) is -1.17. The molecule has 0 aliphatic carbocycles. The maximum absolute atomic E-state index is 11.0. The average molecular weight is 214 g/mol. The first-order valence-electron chi connectivity index (χ1n) is 4.78. The van der Waals surface area contributed by atoms with Gasteiger partial charge in [-0.25, -0.2) is 9.59 Å². The maximum atomic E-state index is 11.0. The number of carbonyl (C=O) groups is 1. The first-order valence-corrected chi connectivity index (χ1v) is 4.78. The molecule has 1 aromatic rings. The Kier molecular flexibility index (Phi) is 2.44. The summed E-state index contributed by atoms with van der Waals surface area (Å²) >= 11 is 0. The largest absolute Gasteiger partial charge is 0.480 e. The van der Waals surface area contributed by atoms with Gasteiger partial charge in [-0.15, -0.1) is 5.01 Å². The Bertz CT molecular complexity index is 410. The molecule has 1 aromatic heterocycles. The summed E-state index contributed by atoms with van der Waals surface area (Å²) in [5.74, 6) is -0.885. The summed E-state index contributed by atoms with van der Waals surface area (Å²) in [5.41, 5.74) is -0.523. The van der Waals surface area contributed by atoms with Crippen molar-refractivity contribution in [3.05, 3.63) is 16.6 Å². The average Bonchev–Trinajstić information content (AvgIpc) is 2.65. The number of carboxylic acid groups (broad SMARTS) is 1. The highest BCUT2D eigenvalue weighted by molar-refractivity contribution is 5.75. The van der Waals surface area contributed by atoms with E-state index in [1.54, 1.807) is 5.01 Å². The molecule has 1 unspecified atom stereocenters. The fourth-order valence-electron chi connectivity index (χ4n) is 1.80. The molecule has 0 radical (unpaired) electrons. The lowest BCUT2D eigenvalue weighted by Crippen LogP contribution is -2.67. The number of carboxylic acids is 1. The van der Waals surface area contributed by atoms with Crippen LogP contribution in [0.2, 0.25) is 0 Å². The third-order valence-corrected chi connectivity index (χ3v) is 2.50. The number of aromatic amines is 1. The van der Waals surface area contributed by atoms with Gasteiger partial charge in [0.25, 0.3) is 0 Å². The molecule has 0 bridgehead atoms. The second-order valence-electron chi connectivity index (χ2n) is 3.50. The highest BCUT2D eigenvalue weighted by atomic mass is 16.5. The Hall–Kier alpha value is -1.79. The Morgan fingerprint density at radius 3 is 3.07 bits per heavy atom. The third kappa shape index (κ3) is 1.85. The van der Waals surface area contributed by atoms with E-state index in [1.165, 1.54) is 11.0 Å². The standard InChI is InChI=1S/C8H11N3O4/c12-7-5-11(9-15-7)10-4-2-1-3-6(10)8(13)14/h5-6H,1-4H2,(H-,9,12,13,14)/p+1. The highest BCUT2D eigenvalue weighted by Gasteiger charge is 2.35. The van der Waals surface area contributed by atoms with E-state index in [0.717, 1.165) is 12.8 Å². The minimum Gasteiger partial charge on any atom is -0.480 e. The lowest BCUT2D eigenvalue weighted by molar-refractivity contribution is -0.761. The van der Waals surface area contributed by atoms with Gasteiger partial charge in [0, 0.05) is 10.1 Å². The number of nitrogens with one attached hydrogen (secondary N) is 1. The summed E-state index contributed by atoms with van der Waals surface area (Å²) < 4.78 is 4.49. The normalized spacial score (nSPS) is 21.6. The fourth-order valence-corrected chi connectivity index (χ4v) is 1.80. The second kappa shape index (κ2) is 3.76. The van der Waals surface area contributed by atoms with Crippen molar-refractivity contribution in [2.75, 3.05) is 11.6 Å². The summed E-state index contributed by atoms with van der Waals surface area (Å²) in [6, 6.07) is -0.600. The molecule has 2 heterocycles. The Morgan fingerprint density at radius 1 is 1.67 bits per heavy atom. The molecule has 7 nitrogen and oxygen atoms in total. The van der Waals surface area contributed by atoms with Gasteiger partial charge >= 0.3 is 17.8 Å². The van der Waals surface area contributed by atoms with Gasteiger partial charge < -0.3 is 5.11 Å². The van der Waals surface area contributed by atoms with Gasteiger partial charge in [-0.3, -0.25) is 4.52 Å². The first kappa shape index (κ1) is 9.75. The zero-order valence-corrected chi connectivity index (χ0v) is 8.05. The lowest BCUT2D eigenvalue weighted by atomic mass is 10.0. The van der Waals surface area contributed by atoms with Crippen LogP contribution >= 0.6 is 0 Å². The maximum Gasteiger partial charge on any atom is 0.430 e. The van der Waals surface area contributed by atoms with Crippen molar-refractivity contribution in [3.63, 3.8) is 0 Å². The van der Waals surface area contributed by atoms with E-state index in [-0.39, 0.29) is 0 Å². The number of aromatic nitrogens is 2. The van der Waals surface area contributed by atoms with E-state index < -0.39 is 17.6 Å². The minimum absolute atomic E-state index is 0.523. The van der Waals surface area contributed by atoms with Crippen LogP contribution in [0.1, 0.15) is 19.3 Å². The Morgan fingerprint density at radius 2 is 2.47 bits per heavy atom. The highest BCUT2D eigenvalue weighted by Crippen LogP contribution is 2.12. The number of piperidine rings is 1. The summed E-state index contributed by atoms with van der Waals surface area (Å²) in [4.78, 5) is 23.1. The molecule has 1 aliphatic rings. The van der Waals surface area contributed by atoms with Crippen LogP contribution in [0, 0.1) is 0 Å². The van der Waals surface area contributed by atoms with Crippen LogP contribution in [0.4, 0.5) is 0 Å². The third-order valence-electron chi connectivity index (χ3n) is 2.50. The van der Waals surface area contributed by atoms with Crippen LogP contribution < -0.4 is 15.4 Å². The summed E-state index contributed by atoms with van der Waals surface area (Å²) in [7, 11) is 0. The van der Waals surface area contributed by atoms with Crippen molar-refractivity contribution in [1.29, 1.82) is 0 Å². The molecule has 1 aliphatic heterocycles. The number of hydrogen-bond acceptors (Lipinski definition) is 4. The number of aliphatic carboxylic acids is 1. The van der Waals surface area contributed by atoms with Gasteiger partial charge in [-0.05, 0) is 19.3 Å². The van der Waals surface area contributed by atoms with Gasteiger partial charge in [0.2, 0.25) is 0 Å². The Labute approximate surface area is 84.8 Å². The topological polar surface area (TPSA) is 90.4 Å². The van der Waals surface area contributed by atoms with Crippen molar-refractivity contribution in [1.82, 2.24) is 5.27 Å². The van der Waals surface area contributed by atoms with E-state index >= 15 is 0 Å². The molecule has 1 saturated heterocycles. The van der Waals surface area contributed by atoms with Crippen LogP contribution in [0.3, 0.4) is 0 Å². The second-order valence-corrected chi connectivity index (χ2v) is 3.50. The number of nitrogens with zero attached hydrogens (tertiary/aromatic N) is 2. The van der Waals surface area contributed by atoms with Crippen molar-refractivity contribution >= 4 is 5.97 Å². The van der Waals surface area contributed by atoms with Crippen molar-refractivity contribution in [3.8, 4) is 0 Å². The molecule has 2 rings (SSSR count). The number of H-pyrrole nitrogens is 1. The van der Waals surface area contributed by atoms with E-state index in [1.807, 2.05) is 0 Å². The molecule has 7 heteroatoms. The molecule has 82 valence electrons. The summed E-state index contributed by atoms with van der Waals surface area (Å²) in [5, 5.41) is 12.9. The smallest absolute Gasteiger partial charge is 0.430 e. The fraction of sp³-hybridized carbons (Fsp3) is 0.625. The molecule has 0 aromatic carbocycles. The van der Waals surface area contributed by atoms with Crippen molar-refractivity contribution in [2.24, 2.45) is 0 Å². The monoisotopic (exact) mass is 214 g/mol. The summed E-state index contributed by atoms with van der Waals surface area (Å²) in [6.45, 7) is 0.594. The molecule has 0 spiro atoms. The molecule has 15 heavy (non-hydrogen) atoms. The van der Waals surface area contributed by atoms with E-state index in [9.17, 15) is 9.59 Å². The molecule has 1 fully saturated rings. The van der Waals surface area contributed by atoms with Gasteiger partial charge in [0.05, 0.1) is 6.54 Å². The van der Waals surface area contributed by atoms with Crippen molar-refractivity contribution < 1.29 is 19.2 Å². The van der Waals surface area contributed by atoms with E-state index in [2.05, 4.69) is 9.79 Å². The van der Waals surface area contributed by atoms with Crippen LogP contribution in [0.25, 0.3) is 0 Å². The van der Waals surface area contributed by atoms with Crippen LogP contribution in [0.5, 0.6) is 0 Å². The quantitative estimate of drug-likeness (QED) is 0.605. The molecule has 1 atom stereocenters. The van der Waals surface area contributed by atoms with Crippen LogP contribution in [-0.2, 0) is 4.79 Å². The molecular weight excluding hydrogens is 202 g/mol. The van der Waals surface area contributed by atoms with E-state index in [4.69, 9.17) is 5.11 Å². The molecular formula is C8H12N3O4+. The number of hydrogen-bond donors (Lipinski definition) is 2. The Balaban J connectivity index is 2.25. The predicted molar refractivity (Wildman–Crippen MR) is 47.9 cm³/mol. The minimum atomic E-state index is -0.885. The van der Waals surface area contributed by atoms with Crippen LogP contribution in [0.15, 0.2) is 15.5 Å². The molecule has 0 amide bonds. The number of rotatable bonds is 2. The summed E-state index contributed by atoms with van der Waals surface area (Å²) in [6.07, 6.45) is 3.57. The van der Waals surface area contributed by atoms with Gasteiger partial charge in [-0.2, -0.15) is 0 Å². The zero-order chi connectivity index (χ0) is 10.8. The van der Waals surface area contributed by atoms with E-state index in [0.29, 0.717) is 13.0 Å².